The molecular formula is C16H18O2S. The fraction of sp³-hybridized carbons (Fsp3) is 0.375. The molecule has 100 valence electrons. The second kappa shape index (κ2) is 5.35. The van der Waals surface area contributed by atoms with E-state index in [4.69, 9.17) is 4.74 Å². The zero-order valence-corrected chi connectivity index (χ0v) is 11.9. The van der Waals surface area contributed by atoms with Crippen LogP contribution in [0, 0.1) is 0 Å². The topological polar surface area (TPSA) is 29.5 Å². The number of rotatable bonds is 3. The summed E-state index contributed by atoms with van der Waals surface area (Å²) in [6.45, 7) is 2.89. The molecule has 1 aliphatic rings. The smallest absolute Gasteiger partial charge is 0.128 e. The summed E-state index contributed by atoms with van der Waals surface area (Å²) < 4.78 is 5.77. The molecule has 1 aliphatic heterocycles. The van der Waals surface area contributed by atoms with E-state index < -0.39 is 6.10 Å². The molecule has 0 aliphatic carbocycles. The highest BCUT2D eigenvalue weighted by molar-refractivity contribution is 7.12. The van der Waals surface area contributed by atoms with Gasteiger partial charge in [-0.3, -0.25) is 0 Å². The van der Waals surface area contributed by atoms with Gasteiger partial charge in [-0.05, 0) is 37.0 Å². The Hall–Kier alpha value is -1.32. The van der Waals surface area contributed by atoms with Crippen molar-refractivity contribution in [2.24, 2.45) is 0 Å². The maximum Gasteiger partial charge on any atom is 0.128 e. The molecule has 0 saturated carbocycles. The van der Waals surface area contributed by atoms with E-state index in [1.54, 1.807) is 11.3 Å². The average Bonchev–Trinajstić information content (AvgIpc) is 2.95. The first-order chi connectivity index (χ1) is 9.29. The van der Waals surface area contributed by atoms with Crippen molar-refractivity contribution in [2.75, 3.05) is 6.61 Å². The van der Waals surface area contributed by atoms with Crippen molar-refractivity contribution in [2.45, 2.75) is 32.3 Å². The molecule has 0 fully saturated rings. The quantitative estimate of drug-likeness (QED) is 0.924. The van der Waals surface area contributed by atoms with E-state index in [9.17, 15) is 5.11 Å². The van der Waals surface area contributed by atoms with Crippen LogP contribution in [0.5, 0.6) is 5.75 Å². The number of ether oxygens (including phenoxy) is 1. The first-order valence-electron chi connectivity index (χ1n) is 6.81. The number of aliphatic hydroxyl groups excluding tert-OH is 1. The van der Waals surface area contributed by atoms with E-state index in [0.29, 0.717) is 0 Å². The number of hydrogen-bond donors (Lipinski definition) is 1. The summed E-state index contributed by atoms with van der Waals surface area (Å²) in [7, 11) is 0. The van der Waals surface area contributed by atoms with Crippen LogP contribution in [0.3, 0.4) is 0 Å². The van der Waals surface area contributed by atoms with Crippen LogP contribution in [0.4, 0.5) is 0 Å². The minimum Gasteiger partial charge on any atom is -0.493 e. The van der Waals surface area contributed by atoms with Crippen LogP contribution in [0.25, 0.3) is 0 Å². The number of benzene rings is 1. The van der Waals surface area contributed by atoms with Crippen LogP contribution in [-0.2, 0) is 12.8 Å². The van der Waals surface area contributed by atoms with Crippen molar-refractivity contribution in [1.82, 2.24) is 0 Å². The van der Waals surface area contributed by atoms with Crippen molar-refractivity contribution < 1.29 is 9.84 Å². The molecule has 0 bridgehead atoms. The highest BCUT2D eigenvalue weighted by atomic mass is 32.1. The van der Waals surface area contributed by atoms with Crippen molar-refractivity contribution in [3.05, 3.63) is 51.2 Å². The standard InChI is InChI=1S/C16H18O2S/c1-2-12-8-9-14(19-12)15(17)13-7-3-5-11-6-4-10-18-16(11)13/h3,5,7-9,15,17H,2,4,6,10H2,1H3. The van der Waals surface area contributed by atoms with Gasteiger partial charge in [-0.15, -0.1) is 11.3 Å². The van der Waals surface area contributed by atoms with E-state index >= 15 is 0 Å². The fourth-order valence-electron chi connectivity index (χ4n) is 2.51. The van der Waals surface area contributed by atoms with Gasteiger partial charge in [0, 0.05) is 15.3 Å². The summed E-state index contributed by atoms with van der Waals surface area (Å²) in [5, 5.41) is 10.6. The van der Waals surface area contributed by atoms with Crippen LogP contribution in [0.15, 0.2) is 30.3 Å². The lowest BCUT2D eigenvalue weighted by atomic mass is 9.99. The normalized spacial score (nSPS) is 15.7. The van der Waals surface area contributed by atoms with E-state index in [-0.39, 0.29) is 0 Å². The molecule has 1 atom stereocenters. The fourth-order valence-corrected chi connectivity index (χ4v) is 3.47. The summed E-state index contributed by atoms with van der Waals surface area (Å²) in [6.07, 6.45) is 2.55. The summed E-state index contributed by atoms with van der Waals surface area (Å²) >= 11 is 1.68. The molecule has 2 aromatic rings. The first kappa shape index (κ1) is 12.7. The Bertz CT molecular complexity index is 574. The lowest BCUT2D eigenvalue weighted by Gasteiger charge is -2.22. The predicted molar refractivity (Wildman–Crippen MR) is 78.0 cm³/mol. The van der Waals surface area contributed by atoms with Crippen molar-refractivity contribution >= 4 is 11.3 Å². The SMILES string of the molecule is CCc1ccc(C(O)c2cccc3c2OCCC3)s1. The highest BCUT2D eigenvalue weighted by Gasteiger charge is 2.21. The molecule has 0 saturated heterocycles. The van der Waals surface area contributed by atoms with Gasteiger partial charge in [0.05, 0.1) is 6.61 Å². The van der Waals surface area contributed by atoms with Gasteiger partial charge in [0.25, 0.3) is 0 Å². The third kappa shape index (κ3) is 2.40. The summed E-state index contributed by atoms with van der Waals surface area (Å²) in [6, 6.07) is 10.2. The molecule has 3 rings (SSSR count). The monoisotopic (exact) mass is 274 g/mol. The largest absolute Gasteiger partial charge is 0.493 e. The molecular weight excluding hydrogens is 256 g/mol. The molecule has 19 heavy (non-hydrogen) atoms. The Morgan fingerprint density at radius 3 is 3.00 bits per heavy atom. The number of aliphatic hydroxyl groups is 1. The number of hydrogen-bond acceptors (Lipinski definition) is 3. The Kier molecular flexibility index (Phi) is 3.58. The maximum atomic E-state index is 10.6. The van der Waals surface area contributed by atoms with Crippen LogP contribution in [0.2, 0.25) is 0 Å². The Labute approximate surface area is 117 Å². The summed E-state index contributed by atoms with van der Waals surface area (Å²) in [5.41, 5.74) is 2.12. The third-order valence-corrected chi connectivity index (χ3v) is 4.84. The van der Waals surface area contributed by atoms with Gasteiger partial charge < -0.3 is 9.84 Å². The van der Waals surface area contributed by atoms with Crippen molar-refractivity contribution in [3.63, 3.8) is 0 Å². The molecule has 2 heterocycles. The molecule has 1 unspecified atom stereocenters. The van der Waals surface area contributed by atoms with Crippen LogP contribution >= 0.6 is 11.3 Å². The first-order valence-corrected chi connectivity index (χ1v) is 7.62. The zero-order chi connectivity index (χ0) is 13.2. The number of thiophene rings is 1. The zero-order valence-electron chi connectivity index (χ0n) is 11.1. The molecule has 1 aromatic heterocycles. The van der Waals surface area contributed by atoms with Gasteiger partial charge >= 0.3 is 0 Å². The summed E-state index contributed by atoms with van der Waals surface area (Å²) in [5.74, 6) is 0.896. The molecule has 3 heteroatoms. The van der Waals surface area contributed by atoms with Gasteiger partial charge in [-0.2, -0.15) is 0 Å². The van der Waals surface area contributed by atoms with Gasteiger partial charge in [-0.25, -0.2) is 0 Å². The Balaban J connectivity index is 1.97. The predicted octanol–water partition coefficient (Wildman–Crippen LogP) is 3.72. The molecule has 0 radical (unpaired) electrons. The Morgan fingerprint density at radius 1 is 1.32 bits per heavy atom. The third-order valence-electron chi connectivity index (χ3n) is 3.56. The van der Waals surface area contributed by atoms with Gasteiger partial charge in [0.1, 0.15) is 11.9 Å². The van der Waals surface area contributed by atoms with Gasteiger partial charge in [-0.1, -0.05) is 25.1 Å². The molecule has 0 spiro atoms. The summed E-state index contributed by atoms with van der Waals surface area (Å²) in [4.78, 5) is 2.30. The van der Waals surface area contributed by atoms with Gasteiger partial charge in [0.2, 0.25) is 0 Å². The highest BCUT2D eigenvalue weighted by Crippen LogP contribution is 2.37. The maximum absolute atomic E-state index is 10.6. The second-order valence-electron chi connectivity index (χ2n) is 4.85. The second-order valence-corrected chi connectivity index (χ2v) is 6.05. The van der Waals surface area contributed by atoms with Crippen molar-refractivity contribution in [1.29, 1.82) is 0 Å². The minimum atomic E-state index is -0.571. The molecule has 0 amide bonds. The van der Waals surface area contributed by atoms with Gasteiger partial charge in [0.15, 0.2) is 0 Å². The molecule has 2 nitrogen and oxygen atoms in total. The molecule has 1 aromatic carbocycles. The van der Waals surface area contributed by atoms with E-state index in [1.165, 1.54) is 10.4 Å². The lowest BCUT2D eigenvalue weighted by molar-refractivity contribution is 0.210. The van der Waals surface area contributed by atoms with E-state index in [2.05, 4.69) is 19.1 Å². The lowest BCUT2D eigenvalue weighted by Crippen LogP contribution is -2.12. The Morgan fingerprint density at radius 2 is 2.21 bits per heavy atom. The van der Waals surface area contributed by atoms with E-state index in [0.717, 1.165) is 42.1 Å². The number of aryl methyl sites for hydroxylation is 2. The van der Waals surface area contributed by atoms with E-state index in [1.807, 2.05) is 18.2 Å². The van der Waals surface area contributed by atoms with Crippen molar-refractivity contribution in [3.8, 4) is 5.75 Å². The number of para-hydroxylation sites is 1. The van der Waals surface area contributed by atoms with Crippen LogP contribution in [0.1, 0.15) is 40.3 Å². The minimum absolute atomic E-state index is 0.571. The average molecular weight is 274 g/mol. The van der Waals surface area contributed by atoms with Crippen LogP contribution in [-0.4, -0.2) is 11.7 Å². The number of fused-ring (bicyclic) bond motifs is 1. The molecule has 1 N–H and O–H groups in total. The van der Waals surface area contributed by atoms with Crippen LogP contribution < -0.4 is 4.74 Å².